The third kappa shape index (κ3) is 2.82. The fourth-order valence-electron chi connectivity index (χ4n) is 2.85. The summed E-state index contributed by atoms with van der Waals surface area (Å²) < 4.78 is 12.4. The maximum Gasteiger partial charge on any atom is 0.167 e. The number of rotatable bonds is 6. The highest BCUT2D eigenvalue weighted by molar-refractivity contribution is 5.82. The number of nitrogens with one attached hydrogen (secondary N) is 1. The van der Waals surface area contributed by atoms with Gasteiger partial charge in [0.1, 0.15) is 24.8 Å². The van der Waals surface area contributed by atoms with Crippen LogP contribution in [-0.4, -0.2) is 79.0 Å². The van der Waals surface area contributed by atoms with Crippen molar-refractivity contribution in [2.45, 2.75) is 37.1 Å². The topological polar surface area (TPSA) is 138 Å². The number of imidazole rings is 1. The van der Waals surface area contributed by atoms with Gasteiger partial charge in [0.2, 0.25) is 0 Å². The monoisotopic (exact) mass is 337 g/mol. The van der Waals surface area contributed by atoms with Gasteiger partial charge in [-0.3, -0.25) is 4.57 Å². The smallest absolute Gasteiger partial charge is 0.167 e. The number of fused-ring (bicyclic) bond motifs is 1. The molecule has 3 unspecified atom stereocenters. The Morgan fingerprint density at radius 3 is 2.92 bits per heavy atom. The van der Waals surface area contributed by atoms with Crippen LogP contribution in [0.25, 0.3) is 11.2 Å². The molecule has 2 aromatic rings. The number of nitrogens with zero attached hydrogens (tertiary/aromatic N) is 4. The molecule has 10 heteroatoms. The largest absolute Gasteiger partial charge is 0.394 e. The minimum Gasteiger partial charge on any atom is -0.394 e. The van der Waals surface area contributed by atoms with Crippen molar-refractivity contribution in [3.05, 3.63) is 12.7 Å². The highest BCUT2D eigenvalue weighted by Crippen LogP contribution is 2.31. The molecular formula is C14H19N5O5. The van der Waals surface area contributed by atoms with Crippen molar-refractivity contribution in [3.63, 3.8) is 0 Å². The van der Waals surface area contributed by atoms with Crippen molar-refractivity contribution in [1.82, 2.24) is 19.5 Å². The molecular weight excluding hydrogens is 318 g/mol. The molecule has 0 aromatic carbocycles. The molecule has 10 nitrogen and oxygen atoms in total. The van der Waals surface area contributed by atoms with E-state index in [0.717, 1.165) is 0 Å². The van der Waals surface area contributed by atoms with Crippen LogP contribution in [0.15, 0.2) is 12.7 Å². The van der Waals surface area contributed by atoms with Gasteiger partial charge in [-0.05, 0) is 0 Å². The number of anilines is 1. The van der Waals surface area contributed by atoms with Crippen molar-refractivity contribution in [1.29, 1.82) is 0 Å². The van der Waals surface area contributed by atoms with E-state index in [4.69, 9.17) is 9.47 Å². The first-order chi connectivity index (χ1) is 11.7. The lowest BCUT2D eigenvalue weighted by atomic mass is 10.2. The fourth-order valence-corrected chi connectivity index (χ4v) is 2.85. The summed E-state index contributed by atoms with van der Waals surface area (Å²) in [7, 11) is 0. The van der Waals surface area contributed by atoms with E-state index in [-0.39, 0.29) is 12.7 Å². The number of aliphatic hydroxyl groups excluding tert-OH is 3. The summed E-state index contributed by atoms with van der Waals surface area (Å²) >= 11 is 0. The van der Waals surface area contributed by atoms with E-state index in [1.54, 1.807) is 10.9 Å². The van der Waals surface area contributed by atoms with Gasteiger partial charge in [-0.25, -0.2) is 15.0 Å². The van der Waals surface area contributed by atoms with Crippen molar-refractivity contribution in [2.24, 2.45) is 0 Å². The molecule has 2 aromatic heterocycles. The van der Waals surface area contributed by atoms with E-state index in [2.05, 4.69) is 20.3 Å². The van der Waals surface area contributed by atoms with Gasteiger partial charge in [0.15, 0.2) is 17.0 Å². The summed E-state index contributed by atoms with van der Waals surface area (Å²) in [5.41, 5.74) is 1.10. The first-order valence-corrected chi connectivity index (χ1v) is 7.83. The van der Waals surface area contributed by atoms with Crippen LogP contribution in [0.5, 0.6) is 0 Å². The van der Waals surface area contributed by atoms with Crippen LogP contribution in [0.2, 0.25) is 0 Å². The quantitative estimate of drug-likeness (QED) is 0.471. The second-order valence-electron chi connectivity index (χ2n) is 5.98. The Kier molecular flexibility index (Phi) is 4.06. The van der Waals surface area contributed by atoms with Gasteiger partial charge in [0.05, 0.1) is 31.7 Å². The number of hydrogen-bond acceptors (Lipinski definition) is 9. The number of aliphatic hydroxyl groups is 3. The summed E-state index contributed by atoms with van der Waals surface area (Å²) in [6.45, 7) is 0.631. The van der Waals surface area contributed by atoms with Crippen LogP contribution < -0.4 is 5.32 Å². The zero-order valence-corrected chi connectivity index (χ0v) is 12.8. The van der Waals surface area contributed by atoms with E-state index >= 15 is 0 Å². The molecule has 0 radical (unpaired) electrons. The summed E-state index contributed by atoms with van der Waals surface area (Å²) in [6, 6.07) is 0. The Balaban J connectivity index is 1.55. The average molecular weight is 337 g/mol. The number of hydrogen-bond donors (Lipinski definition) is 4. The number of ether oxygens (including phenoxy) is 2. The van der Waals surface area contributed by atoms with Gasteiger partial charge in [0, 0.05) is 13.0 Å². The molecule has 0 bridgehead atoms. The van der Waals surface area contributed by atoms with E-state index in [1.165, 1.54) is 6.33 Å². The molecule has 0 amide bonds. The number of epoxide rings is 1. The lowest BCUT2D eigenvalue weighted by molar-refractivity contribution is -0.0432. The van der Waals surface area contributed by atoms with Gasteiger partial charge in [-0.2, -0.15) is 0 Å². The van der Waals surface area contributed by atoms with Crippen molar-refractivity contribution >= 4 is 17.0 Å². The first kappa shape index (κ1) is 15.7. The van der Waals surface area contributed by atoms with Gasteiger partial charge in [-0.15, -0.1) is 0 Å². The molecule has 0 saturated carbocycles. The van der Waals surface area contributed by atoms with Crippen LogP contribution in [0, 0.1) is 0 Å². The molecule has 2 saturated heterocycles. The summed E-state index contributed by atoms with van der Waals surface area (Å²) in [5.74, 6) is 0.510. The second-order valence-corrected chi connectivity index (χ2v) is 5.98. The molecule has 0 spiro atoms. The lowest BCUT2D eigenvalue weighted by Gasteiger charge is -2.14. The number of aromatic nitrogens is 4. The van der Waals surface area contributed by atoms with Crippen molar-refractivity contribution < 1.29 is 24.8 Å². The Bertz CT molecular complexity index is 721. The minimum absolute atomic E-state index is 0.115. The molecule has 4 heterocycles. The van der Waals surface area contributed by atoms with Crippen LogP contribution in [0.4, 0.5) is 5.82 Å². The average Bonchev–Trinajstić information content (AvgIpc) is 3.25. The first-order valence-electron chi connectivity index (χ1n) is 7.83. The van der Waals surface area contributed by atoms with Gasteiger partial charge in [-0.1, -0.05) is 0 Å². The van der Waals surface area contributed by atoms with E-state index in [0.29, 0.717) is 36.6 Å². The van der Waals surface area contributed by atoms with Gasteiger partial charge < -0.3 is 30.1 Å². The highest BCUT2D eigenvalue weighted by atomic mass is 16.6. The van der Waals surface area contributed by atoms with Crippen LogP contribution in [0.1, 0.15) is 12.6 Å². The molecule has 4 rings (SSSR count). The maximum atomic E-state index is 9.88. The molecule has 2 fully saturated rings. The van der Waals surface area contributed by atoms with E-state index in [1.807, 2.05) is 0 Å². The summed E-state index contributed by atoms with van der Waals surface area (Å²) in [5, 5.41) is 32.0. The molecule has 130 valence electrons. The second kappa shape index (κ2) is 6.22. The van der Waals surface area contributed by atoms with Crippen LogP contribution in [0.3, 0.4) is 0 Å². The molecule has 2 aliphatic heterocycles. The fraction of sp³-hybridized carbons (Fsp3) is 0.643. The Hall–Kier alpha value is -1.85. The van der Waals surface area contributed by atoms with Crippen LogP contribution in [-0.2, 0) is 9.47 Å². The Morgan fingerprint density at radius 2 is 2.21 bits per heavy atom. The predicted octanol–water partition coefficient (Wildman–Crippen LogP) is -1.36. The predicted molar refractivity (Wildman–Crippen MR) is 81.2 cm³/mol. The normalized spacial score (nSPS) is 30.6. The van der Waals surface area contributed by atoms with Gasteiger partial charge >= 0.3 is 0 Å². The third-order valence-corrected chi connectivity index (χ3v) is 4.32. The minimum atomic E-state index is -0.731. The molecule has 24 heavy (non-hydrogen) atoms. The third-order valence-electron chi connectivity index (χ3n) is 4.32. The Labute approximate surface area is 137 Å². The molecule has 2 aliphatic rings. The zero-order chi connectivity index (χ0) is 16.7. The van der Waals surface area contributed by atoms with E-state index in [9.17, 15) is 15.3 Å². The SMILES string of the molecule is OC[C@H]1O[C@@H](n2cnc3c(NCC(O)C4CO4)ncnc32)CC1O. The van der Waals surface area contributed by atoms with Crippen LogP contribution >= 0.6 is 0 Å². The molecule has 4 N–H and O–H groups in total. The Morgan fingerprint density at radius 1 is 1.38 bits per heavy atom. The maximum absolute atomic E-state index is 9.88. The molecule has 0 aliphatic carbocycles. The van der Waals surface area contributed by atoms with Gasteiger partial charge in [0.25, 0.3) is 0 Å². The van der Waals surface area contributed by atoms with Crippen molar-refractivity contribution in [2.75, 3.05) is 25.1 Å². The summed E-state index contributed by atoms with van der Waals surface area (Å²) in [6.07, 6.45) is 0.814. The molecule has 5 atom stereocenters. The lowest BCUT2D eigenvalue weighted by Crippen LogP contribution is -2.25. The standard InChI is InChI=1S/C14H19N5O5/c20-3-9-7(21)1-11(24-9)19-6-18-12-13(16-5-17-14(12)19)15-2-8(22)10-4-23-10/h5-11,20-22H,1-4H2,(H,15,16,17)/t7?,8?,9-,10?,11-/m1/s1. The van der Waals surface area contributed by atoms with Crippen molar-refractivity contribution in [3.8, 4) is 0 Å². The zero-order valence-electron chi connectivity index (χ0n) is 12.8. The summed E-state index contributed by atoms with van der Waals surface area (Å²) in [4.78, 5) is 12.7. The van der Waals surface area contributed by atoms with E-state index < -0.39 is 24.5 Å². The highest BCUT2D eigenvalue weighted by Gasteiger charge is 2.35.